The third-order valence-electron chi connectivity index (χ3n) is 11.9. The zero-order valence-corrected chi connectivity index (χ0v) is 30.1. The van der Waals surface area contributed by atoms with Crippen LogP contribution in [0.15, 0.2) is 146 Å². The van der Waals surface area contributed by atoms with E-state index in [9.17, 15) is 0 Å². The van der Waals surface area contributed by atoms with E-state index >= 15 is 0 Å². The van der Waals surface area contributed by atoms with E-state index in [0.29, 0.717) is 5.92 Å². The Balaban J connectivity index is 1.29. The minimum absolute atomic E-state index is 0.0960. The van der Waals surface area contributed by atoms with E-state index in [4.69, 9.17) is 0 Å². The maximum absolute atomic E-state index is 2.60. The van der Waals surface area contributed by atoms with Gasteiger partial charge in [-0.05, 0) is 81.6 Å². The van der Waals surface area contributed by atoms with Gasteiger partial charge >= 0.3 is 0 Å². The number of thiophene rings is 1. The van der Waals surface area contributed by atoms with Crippen molar-refractivity contribution in [1.29, 1.82) is 0 Å². The van der Waals surface area contributed by atoms with E-state index in [-0.39, 0.29) is 5.41 Å². The predicted molar refractivity (Wildman–Crippen MR) is 220 cm³/mol. The SMILES string of the molecule is CC1(C)c2ccccc2-c2c(N(c3ccccc3-c3cccc4cccc(C5CCCCC5)c34)c3cccc4c3sc3ccccc34)cccc21. The van der Waals surface area contributed by atoms with Crippen LogP contribution in [0.2, 0.25) is 0 Å². The zero-order valence-electron chi connectivity index (χ0n) is 29.3. The van der Waals surface area contributed by atoms with E-state index in [0.717, 1.165) is 0 Å². The highest BCUT2D eigenvalue weighted by atomic mass is 32.1. The van der Waals surface area contributed by atoms with Gasteiger partial charge in [0.25, 0.3) is 0 Å². The summed E-state index contributed by atoms with van der Waals surface area (Å²) in [5.41, 5.74) is 13.1. The van der Waals surface area contributed by atoms with Gasteiger partial charge in [0.1, 0.15) is 0 Å². The molecule has 0 bridgehead atoms. The first-order chi connectivity index (χ1) is 25.1. The molecule has 0 N–H and O–H groups in total. The van der Waals surface area contributed by atoms with Gasteiger partial charge in [-0.15, -0.1) is 11.3 Å². The first kappa shape index (κ1) is 30.6. The minimum Gasteiger partial charge on any atom is -0.308 e. The second-order valence-electron chi connectivity index (χ2n) is 15.1. The first-order valence-electron chi connectivity index (χ1n) is 18.6. The fourth-order valence-corrected chi connectivity index (χ4v) is 10.7. The molecule has 0 atom stereocenters. The Morgan fingerprint density at radius 2 is 1.16 bits per heavy atom. The van der Waals surface area contributed by atoms with Crippen molar-refractivity contribution in [2.45, 2.75) is 57.3 Å². The molecule has 0 saturated heterocycles. The van der Waals surface area contributed by atoms with Gasteiger partial charge in [-0.2, -0.15) is 0 Å². The van der Waals surface area contributed by atoms with Crippen molar-refractivity contribution in [1.82, 2.24) is 0 Å². The molecule has 1 fully saturated rings. The van der Waals surface area contributed by atoms with Crippen LogP contribution in [0.25, 0.3) is 53.2 Å². The van der Waals surface area contributed by atoms with Gasteiger partial charge in [0.05, 0.1) is 21.8 Å². The lowest BCUT2D eigenvalue weighted by Gasteiger charge is -2.31. The van der Waals surface area contributed by atoms with E-state index < -0.39 is 0 Å². The highest BCUT2D eigenvalue weighted by Gasteiger charge is 2.38. The number of fused-ring (bicyclic) bond motifs is 7. The Morgan fingerprint density at radius 3 is 2.04 bits per heavy atom. The molecule has 0 amide bonds. The quantitative estimate of drug-likeness (QED) is 0.175. The van der Waals surface area contributed by atoms with Crippen LogP contribution in [0.3, 0.4) is 0 Å². The topological polar surface area (TPSA) is 3.24 Å². The van der Waals surface area contributed by atoms with Crippen LogP contribution in [0, 0.1) is 0 Å². The Morgan fingerprint density at radius 1 is 0.529 bits per heavy atom. The Labute approximate surface area is 304 Å². The molecule has 0 spiro atoms. The first-order valence-corrected chi connectivity index (χ1v) is 19.5. The molecule has 1 heterocycles. The molecule has 51 heavy (non-hydrogen) atoms. The molecular weight excluding hydrogens is 635 g/mol. The van der Waals surface area contributed by atoms with Crippen LogP contribution >= 0.6 is 11.3 Å². The third-order valence-corrected chi connectivity index (χ3v) is 13.1. The standard InChI is InChI=1S/C49H41NS/c1-49(2)40-26-9-6-22-39(40)47-41(49)27-15-29-43(47)50(44-30-14-25-38-36-21-8-11-31-45(36)51-48(38)44)42-28-10-7-20-35(42)37-24-13-19-33-18-12-23-34(46(33)37)32-16-4-3-5-17-32/h6-15,18-32H,3-5,16-17H2,1-2H3. The highest BCUT2D eigenvalue weighted by molar-refractivity contribution is 7.26. The van der Waals surface area contributed by atoms with Crippen molar-refractivity contribution >= 4 is 59.3 Å². The van der Waals surface area contributed by atoms with Gasteiger partial charge in [-0.3, -0.25) is 0 Å². The number of rotatable bonds is 5. The van der Waals surface area contributed by atoms with E-state index in [1.807, 2.05) is 11.3 Å². The molecule has 8 aromatic rings. The lowest BCUT2D eigenvalue weighted by atomic mass is 9.80. The summed E-state index contributed by atoms with van der Waals surface area (Å²) in [5, 5.41) is 5.39. The number of para-hydroxylation sites is 1. The monoisotopic (exact) mass is 675 g/mol. The van der Waals surface area contributed by atoms with Gasteiger partial charge in [-0.25, -0.2) is 0 Å². The molecular formula is C49H41NS. The van der Waals surface area contributed by atoms with E-state index in [1.54, 1.807) is 0 Å². The largest absolute Gasteiger partial charge is 0.308 e. The summed E-state index contributed by atoms with van der Waals surface area (Å²) >= 11 is 1.91. The number of anilines is 3. The predicted octanol–water partition coefficient (Wildman–Crippen LogP) is 14.7. The van der Waals surface area contributed by atoms with Crippen molar-refractivity contribution in [2.75, 3.05) is 4.90 Å². The molecule has 0 radical (unpaired) electrons. The van der Waals surface area contributed by atoms with Crippen LogP contribution < -0.4 is 4.90 Å². The second-order valence-corrected chi connectivity index (χ2v) is 16.1. The third kappa shape index (κ3) is 4.73. The van der Waals surface area contributed by atoms with Gasteiger partial charge in [-0.1, -0.05) is 154 Å². The minimum atomic E-state index is -0.0960. The normalized spacial score (nSPS) is 15.3. The number of benzene rings is 7. The number of hydrogen-bond acceptors (Lipinski definition) is 2. The maximum atomic E-state index is 2.60. The molecule has 248 valence electrons. The molecule has 2 aliphatic rings. The molecule has 7 aromatic carbocycles. The van der Waals surface area contributed by atoms with Crippen molar-refractivity contribution in [3.8, 4) is 22.3 Å². The van der Waals surface area contributed by atoms with Gasteiger partial charge < -0.3 is 4.90 Å². The molecule has 0 aliphatic heterocycles. The van der Waals surface area contributed by atoms with Crippen LogP contribution in [0.5, 0.6) is 0 Å². The summed E-state index contributed by atoms with van der Waals surface area (Å²) in [7, 11) is 0. The average molecular weight is 676 g/mol. The summed E-state index contributed by atoms with van der Waals surface area (Å²) in [4.78, 5) is 2.60. The van der Waals surface area contributed by atoms with E-state index in [1.165, 1.54) is 119 Å². The Kier molecular flexibility index (Phi) is 7.18. The van der Waals surface area contributed by atoms with Crippen molar-refractivity contribution < 1.29 is 0 Å². The molecule has 2 aliphatic carbocycles. The lowest BCUT2D eigenvalue weighted by molar-refractivity contribution is 0.445. The van der Waals surface area contributed by atoms with Gasteiger partial charge in [0.2, 0.25) is 0 Å². The number of hydrogen-bond donors (Lipinski definition) is 0. The van der Waals surface area contributed by atoms with Crippen molar-refractivity contribution in [3.63, 3.8) is 0 Å². The molecule has 2 heteroatoms. The number of nitrogens with zero attached hydrogens (tertiary/aromatic N) is 1. The van der Waals surface area contributed by atoms with Gasteiger partial charge in [0.15, 0.2) is 0 Å². The van der Waals surface area contributed by atoms with Crippen LogP contribution in [0.4, 0.5) is 17.1 Å². The summed E-state index contributed by atoms with van der Waals surface area (Å²) in [5.74, 6) is 0.607. The van der Waals surface area contributed by atoms with Crippen LogP contribution in [-0.4, -0.2) is 0 Å². The smallest absolute Gasteiger partial charge is 0.0640 e. The molecule has 1 nitrogen and oxygen atoms in total. The van der Waals surface area contributed by atoms with Crippen molar-refractivity contribution in [3.05, 3.63) is 162 Å². The second kappa shape index (κ2) is 12.0. The summed E-state index contributed by atoms with van der Waals surface area (Å²) < 4.78 is 2.64. The summed E-state index contributed by atoms with van der Waals surface area (Å²) in [6.45, 7) is 4.77. The van der Waals surface area contributed by atoms with Crippen LogP contribution in [0.1, 0.15) is 68.6 Å². The Bertz CT molecular complexity index is 2610. The Hall–Kier alpha value is -5.18. The zero-order chi connectivity index (χ0) is 34.1. The van der Waals surface area contributed by atoms with Crippen molar-refractivity contribution in [2.24, 2.45) is 0 Å². The maximum Gasteiger partial charge on any atom is 0.0640 e. The molecule has 1 saturated carbocycles. The van der Waals surface area contributed by atoms with E-state index in [2.05, 4.69) is 164 Å². The summed E-state index contributed by atoms with van der Waals surface area (Å²) in [6, 6.07) is 55.0. The molecule has 1 aromatic heterocycles. The lowest BCUT2D eigenvalue weighted by Crippen LogP contribution is -2.16. The average Bonchev–Trinajstić information content (AvgIpc) is 3.68. The highest BCUT2D eigenvalue weighted by Crippen LogP contribution is 2.56. The fraction of sp³-hybridized carbons (Fsp3) is 0.184. The van der Waals surface area contributed by atoms with Gasteiger partial charge in [0, 0.05) is 32.0 Å². The molecule has 0 unspecified atom stereocenters. The molecule has 10 rings (SSSR count). The van der Waals surface area contributed by atoms with Crippen LogP contribution in [-0.2, 0) is 5.41 Å². The fourth-order valence-electron chi connectivity index (χ4n) is 9.46. The summed E-state index contributed by atoms with van der Waals surface area (Å²) in [6.07, 6.45) is 6.56.